The molecule has 25 heavy (non-hydrogen) atoms. The van der Waals surface area contributed by atoms with Crippen LogP contribution in [0, 0.1) is 0 Å². The van der Waals surface area contributed by atoms with E-state index in [-0.39, 0.29) is 5.91 Å². The van der Waals surface area contributed by atoms with E-state index in [1.54, 1.807) is 31.6 Å². The first-order chi connectivity index (χ1) is 12.3. The molecular formula is C19H20N4O2. The monoisotopic (exact) mass is 336 g/mol. The summed E-state index contributed by atoms with van der Waals surface area (Å²) in [6, 6.07) is 13.2. The molecule has 0 saturated heterocycles. The average Bonchev–Trinajstić information content (AvgIpc) is 3.09. The van der Waals surface area contributed by atoms with Crippen LogP contribution in [-0.4, -0.2) is 27.8 Å². The fraction of sp³-hybridized carbons (Fsp3) is 0.211. The van der Waals surface area contributed by atoms with Crippen LogP contribution < -0.4 is 5.32 Å². The van der Waals surface area contributed by atoms with E-state index in [4.69, 9.17) is 4.74 Å². The predicted octanol–water partition coefficient (Wildman–Crippen LogP) is 2.92. The predicted molar refractivity (Wildman–Crippen MR) is 95.3 cm³/mol. The number of amides is 1. The van der Waals surface area contributed by atoms with E-state index >= 15 is 0 Å². The van der Waals surface area contributed by atoms with Crippen molar-refractivity contribution in [2.75, 3.05) is 12.4 Å². The maximum absolute atomic E-state index is 12.5. The Balaban J connectivity index is 1.62. The molecule has 2 aromatic heterocycles. The van der Waals surface area contributed by atoms with E-state index in [2.05, 4.69) is 15.4 Å². The highest BCUT2D eigenvalue weighted by atomic mass is 16.5. The smallest absolute Gasteiger partial charge is 0.257 e. The number of pyridine rings is 1. The van der Waals surface area contributed by atoms with Crippen molar-refractivity contribution in [3.05, 3.63) is 77.7 Å². The molecule has 0 bridgehead atoms. The number of carbonyl (C=O) groups is 1. The number of benzene rings is 1. The summed E-state index contributed by atoms with van der Waals surface area (Å²) >= 11 is 0. The molecule has 0 spiro atoms. The number of aryl methyl sites for hydroxylation is 2. The Labute approximate surface area is 146 Å². The van der Waals surface area contributed by atoms with Crippen LogP contribution in [0.2, 0.25) is 0 Å². The Morgan fingerprint density at radius 1 is 1.16 bits per heavy atom. The summed E-state index contributed by atoms with van der Waals surface area (Å²) in [6.45, 7) is 1.13. The second-order valence-electron chi connectivity index (χ2n) is 5.61. The van der Waals surface area contributed by atoms with Gasteiger partial charge in [0.05, 0.1) is 6.61 Å². The molecule has 0 aliphatic carbocycles. The maximum Gasteiger partial charge on any atom is 0.257 e. The van der Waals surface area contributed by atoms with Gasteiger partial charge in [-0.3, -0.25) is 14.5 Å². The quantitative estimate of drug-likeness (QED) is 0.720. The van der Waals surface area contributed by atoms with Crippen molar-refractivity contribution in [2.24, 2.45) is 0 Å². The normalized spacial score (nSPS) is 10.6. The van der Waals surface area contributed by atoms with Crippen LogP contribution in [0.15, 0.2) is 61.1 Å². The summed E-state index contributed by atoms with van der Waals surface area (Å²) in [4.78, 5) is 16.5. The number of rotatable bonds is 7. The molecule has 0 atom stereocenters. The lowest BCUT2D eigenvalue weighted by molar-refractivity contribution is 0.102. The van der Waals surface area contributed by atoms with Gasteiger partial charge in [0.15, 0.2) is 5.82 Å². The number of anilines is 1. The number of hydrogen-bond acceptors (Lipinski definition) is 4. The number of nitrogens with zero attached hydrogens (tertiary/aromatic N) is 3. The summed E-state index contributed by atoms with van der Waals surface area (Å²) in [5.74, 6) is 0.346. The van der Waals surface area contributed by atoms with E-state index < -0.39 is 0 Å². The SMILES string of the molecule is COCc1ccccc1C(=O)Nc1ccn(CCc2ccncc2)n1. The van der Waals surface area contributed by atoms with Crippen molar-refractivity contribution in [3.8, 4) is 0 Å². The zero-order valence-electron chi connectivity index (χ0n) is 14.1. The Morgan fingerprint density at radius 2 is 1.96 bits per heavy atom. The van der Waals surface area contributed by atoms with E-state index in [0.717, 1.165) is 18.5 Å². The molecule has 1 amide bonds. The Bertz CT molecular complexity index is 830. The van der Waals surface area contributed by atoms with E-state index in [0.29, 0.717) is 18.0 Å². The highest BCUT2D eigenvalue weighted by Gasteiger charge is 2.12. The zero-order valence-corrected chi connectivity index (χ0v) is 14.1. The van der Waals surface area contributed by atoms with Gasteiger partial charge in [-0.1, -0.05) is 18.2 Å². The Morgan fingerprint density at radius 3 is 2.76 bits per heavy atom. The summed E-state index contributed by atoms with van der Waals surface area (Å²) in [7, 11) is 1.61. The molecular weight excluding hydrogens is 316 g/mol. The molecule has 0 saturated carbocycles. The number of ether oxygens (including phenoxy) is 1. The second kappa shape index (κ2) is 8.21. The van der Waals surface area contributed by atoms with Gasteiger partial charge in [-0.25, -0.2) is 0 Å². The third-order valence-corrected chi connectivity index (χ3v) is 3.82. The molecule has 0 radical (unpaired) electrons. The minimum Gasteiger partial charge on any atom is -0.380 e. The summed E-state index contributed by atoms with van der Waals surface area (Å²) < 4.78 is 6.96. The van der Waals surface area contributed by atoms with Crippen LogP contribution >= 0.6 is 0 Å². The lowest BCUT2D eigenvalue weighted by Crippen LogP contribution is -2.15. The average molecular weight is 336 g/mol. The molecule has 6 nitrogen and oxygen atoms in total. The number of aromatic nitrogens is 3. The fourth-order valence-corrected chi connectivity index (χ4v) is 2.55. The van der Waals surface area contributed by atoms with Crippen LogP contribution in [0.3, 0.4) is 0 Å². The summed E-state index contributed by atoms with van der Waals surface area (Å²) in [6.07, 6.45) is 6.27. The number of carbonyl (C=O) groups excluding carboxylic acids is 1. The molecule has 6 heteroatoms. The molecule has 0 aliphatic rings. The van der Waals surface area contributed by atoms with Crippen molar-refractivity contribution >= 4 is 11.7 Å². The molecule has 1 N–H and O–H groups in total. The number of methoxy groups -OCH3 is 1. The minimum absolute atomic E-state index is 0.188. The Kier molecular flexibility index (Phi) is 5.53. The van der Waals surface area contributed by atoms with Crippen LogP contribution in [0.1, 0.15) is 21.5 Å². The van der Waals surface area contributed by atoms with E-state index in [9.17, 15) is 4.79 Å². The van der Waals surface area contributed by atoms with Crippen LogP contribution in [0.4, 0.5) is 5.82 Å². The first-order valence-electron chi connectivity index (χ1n) is 8.07. The molecule has 3 rings (SSSR count). The zero-order chi connectivity index (χ0) is 17.5. The highest BCUT2D eigenvalue weighted by Crippen LogP contribution is 2.13. The molecule has 2 heterocycles. The van der Waals surface area contributed by atoms with Crippen molar-refractivity contribution in [1.82, 2.24) is 14.8 Å². The first kappa shape index (κ1) is 16.9. The van der Waals surface area contributed by atoms with Crippen LogP contribution in [0.25, 0.3) is 0 Å². The first-order valence-corrected chi connectivity index (χ1v) is 8.07. The fourth-order valence-electron chi connectivity index (χ4n) is 2.55. The topological polar surface area (TPSA) is 69.0 Å². The largest absolute Gasteiger partial charge is 0.380 e. The summed E-state index contributed by atoms with van der Waals surface area (Å²) in [5, 5.41) is 7.24. The lowest BCUT2D eigenvalue weighted by Gasteiger charge is -2.08. The summed E-state index contributed by atoms with van der Waals surface area (Å²) in [5.41, 5.74) is 2.64. The maximum atomic E-state index is 12.5. The highest BCUT2D eigenvalue weighted by molar-refractivity contribution is 6.04. The van der Waals surface area contributed by atoms with E-state index in [1.165, 1.54) is 5.56 Å². The van der Waals surface area contributed by atoms with Gasteiger partial charge in [-0.15, -0.1) is 0 Å². The second-order valence-corrected chi connectivity index (χ2v) is 5.61. The molecule has 3 aromatic rings. The van der Waals surface area contributed by atoms with Crippen molar-refractivity contribution in [3.63, 3.8) is 0 Å². The number of hydrogen-bond donors (Lipinski definition) is 1. The van der Waals surface area contributed by atoms with Crippen molar-refractivity contribution in [2.45, 2.75) is 19.6 Å². The standard InChI is InChI=1S/C19H20N4O2/c1-25-14-16-4-2-3-5-17(16)19(24)21-18-9-13-23(22-18)12-8-15-6-10-20-11-7-15/h2-7,9-11,13H,8,12,14H2,1H3,(H,21,22,24). The van der Waals surface area contributed by atoms with Crippen LogP contribution in [-0.2, 0) is 24.3 Å². The van der Waals surface area contributed by atoms with E-state index in [1.807, 2.05) is 41.2 Å². The van der Waals surface area contributed by atoms with Gasteiger partial charge < -0.3 is 10.1 Å². The molecule has 1 aromatic carbocycles. The molecule has 0 unspecified atom stereocenters. The van der Waals surface area contributed by atoms with Gasteiger partial charge in [-0.05, 0) is 35.7 Å². The third-order valence-electron chi connectivity index (χ3n) is 3.82. The van der Waals surface area contributed by atoms with Gasteiger partial charge in [0, 0.05) is 43.9 Å². The minimum atomic E-state index is -0.188. The van der Waals surface area contributed by atoms with Gasteiger partial charge in [0.2, 0.25) is 0 Å². The molecule has 0 fully saturated rings. The van der Waals surface area contributed by atoms with Crippen LogP contribution in [0.5, 0.6) is 0 Å². The van der Waals surface area contributed by atoms with Gasteiger partial charge in [-0.2, -0.15) is 5.10 Å². The third kappa shape index (κ3) is 4.51. The van der Waals surface area contributed by atoms with Gasteiger partial charge in [0.25, 0.3) is 5.91 Å². The number of nitrogens with one attached hydrogen (secondary N) is 1. The van der Waals surface area contributed by atoms with Crippen molar-refractivity contribution in [1.29, 1.82) is 0 Å². The van der Waals surface area contributed by atoms with Gasteiger partial charge >= 0.3 is 0 Å². The Hall–Kier alpha value is -2.99. The lowest BCUT2D eigenvalue weighted by atomic mass is 10.1. The molecule has 0 aliphatic heterocycles. The van der Waals surface area contributed by atoms with Gasteiger partial charge in [0.1, 0.15) is 0 Å². The molecule has 128 valence electrons. The van der Waals surface area contributed by atoms with Crippen molar-refractivity contribution < 1.29 is 9.53 Å².